The summed E-state index contributed by atoms with van der Waals surface area (Å²) in [6.07, 6.45) is 7.06. The Hall–Kier alpha value is -4.59. The van der Waals surface area contributed by atoms with Gasteiger partial charge in [0.1, 0.15) is 23.4 Å². The highest BCUT2D eigenvalue weighted by Crippen LogP contribution is 2.35. The molecule has 0 radical (unpaired) electrons. The van der Waals surface area contributed by atoms with Gasteiger partial charge in [-0.2, -0.15) is 0 Å². The molecule has 3 aliphatic heterocycles. The fraction of sp³-hybridized carbons (Fsp3) is 0.565. The summed E-state index contributed by atoms with van der Waals surface area (Å²) in [6.45, 7) is 17.8. The van der Waals surface area contributed by atoms with Gasteiger partial charge in [0.25, 0.3) is 0 Å². The van der Waals surface area contributed by atoms with Crippen molar-refractivity contribution in [3.8, 4) is 22.5 Å². The van der Waals surface area contributed by atoms with Crippen molar-refractivity contribution < 1.29 is 28.6 Å². The van der Waals surface area contributed by atoms with Crippen molar-refractivity contribution >= 4 is 28.8 Å². The van der Waals surface area contributed by atoms with Gasteiger partial charge in [0.15, 0.2) is 0 Å². The van der Waals surface area contributed by atoms with Gasteiger partial charge in [-0.25, -0.2) is 23.9 Å². The van der Waals surface area contributed by atoms with Gasteiger partial charge in [0.2, 0.25) is 0 Å². The van der Waals surface area contributed by atoms with E-state index >= 15 is 4.39 Å². The highest BCUT2D eigenvalue weighted by Gasteiger charge is 2.35. The number of nitrogens with zero attached hydrogens (tertiary/aromatic N) is 5. The summed E-state index contributed by atoms with van der Waals surface area (Å²) in [5.74, 6) is 0.594. The van der Waals surface area contributed by atoms with Gasteiger partial charge in [0.05, 0.1) is 24.5 Å². The van der Waals surface area contributed by atoms with Gasteiger partial charge >= 0.3 is 12.1 Å². The Morgan fingerprint density at radius 3 is 2.41 bits per heavy atom. The van der Waals surface area contributed by atoms with E-state index in [-0.39, 0.29) is 30.7 Å². The summed E-state index contributed by atoms with van der Waals surface area (Å²) in [5, 5.41) is 14.2. The average Bonchev–Trinajstić information content (AvgIpc) is 3.81. The van der Waals surface area contributed by atoms with Crippen LogP contribution < -0.4 is 5.32 Å². The van der Waals surface area contributed by atoms with Crippen LogP contribution in [-0.2, 0) is 16.1 Å². The Bertz CT molecular complexity index is 2070. The summed E-state index contributed by atoms with van der Waals surface area (Å²) in [6, 6.07) is 12.7. The van der Waals surface area contributed by atoms with Crippen LogP contribution in [-0.4, -0.2) is 111 Å². The number of benzene rings is 2. The van der Waals surface area contributed by atoms with E-state index in [1.165, 1.54) is 24.9 Å². The standard InChI is InChI=1S/C46H62FN7O5/c1-29(2)21-34-25-54(26-41(34)55)44(56)51-39-23-35(47)22-37(30(39)3)42-38-24-40(50-43(38)49-28-48-42)33-9-7-32(8-10-33)27-58-36-14-17-52(18-15-36)16-11-31-12-19-53(20-13-31)45(57)59-46(4,5)6/h7-10,22-24,28-29,31,34,36,41,55H,11-21,25-27H2,1-6H3,(H,51,56)(H,48,49,50)/t34-,41-/m1/s1. The fourth-order valence-electron chi connectivity index (χ4n) is 8.81. The maximum atomic E-state index is 15.2. The molecule has 3 amide bonds. The van der Waals surface area contributed by atoms with Gasteiger partial charge < -0.3 is 39.6 Å². The Labute approximate surface area is 347 Å². The fourth-order valence-corrected chi connectivity index (χ4v) is 8.81. The van der Waals surface area contributed by atoms with Crippen molar-refractivity contribution in [2.24, 2.45) is 17.8 Å². The number of β-amino-alcohol motifs (C(OH)–C–C–N with tert-alkyl or cyclic N) is 1. The first-order valence-electron chi connectivity index (χ1n) is 21.5. The minimum absolute atomic E-state index is 0.0209. The van der Waals surface area contributed by atoms with Crippen LogP contribution in [0.5, 0.6) is 0 Å². The van der Waals surface area contributed by atoms with Gasteiger partial charge in [-0.15, -0.1) is 0 Å². The predicted molar refractivity (Wildman–Crippen MR) is 228 cm³/mol. The van der Waals surface area contributed by atoms with Crippen molar-refractivity contribution in [1.29, 1.82) is 0 Å². The van der Waals surface area contributed by atoms with Crippen molar-refractivity contribution in [2.75, 3.05) is 51.1 Å². The zero-order chi connectivity index (χ0) is 41.8. The molecule has 3 saturated heterocycles. The third-order valence-corrected chi connectivity index (χ3v) is 12.2. The molecule has 0 spiro atoms. The van der Waals surface area contributed by atoms with Crippen molar-refractivity contribution in [2.45, 2.75) is 104 Å². The number of carbonyl (C=O) groups excluding carboxylic acids is 2. The molecule has 5 heterocycles. The molecule has 0 saturated carbocycles. The highest BCUT2D eigenvalue weighted by molar-refractivity contribution is 5.97. The molecule has 3 aliphatic rings. The molecule has 12 nitrogen and oxygen atoms in total. The second-order valence-corrected chi connectivity index (χ2v) is 18.3. The van der Waals surface area contributed by atoms with Crippen LogP contribution in [0.2, 0.25) is 0 Å². The molecular weight excluding hydrogens is 750 g/mol. The number of piperidine rings is 2. The number of urea groups is 1. The number of rotatable bonds is 11. The molecule has 7 rings (SSSR count). The van der Waals surface area contributed by atoms with Crippen LogP contribution in [0.3, 0.4) is 0 Å². The van der Waals surface area contributed by atoms with Crippen molar-refractivity contribution in [3.05, 3.63) is 65.7 Å². The first-order valence-corrected chi connectivity index (χ1v) is 21.5. The molecule has 3 N–H and O–H groups in total. The summed E-state index contributed by atoms with van der Waals surface area (Å²) in [5.41, 5.74) is 5.30. The molecule has 59 heavy (non-hydrogen) atoms. The molecule has 2 aromatic carbocycles. The molecule has 2 atom stereocenters. The minimum atomic E-state index is -0.574. The smallest absolute Gasteiger partial charge is 0.410 e. The largest absolute Gasteiger partial charge is 0.444 e. The second kappa shape index (κ2) is 18.4. The normalized spacial score (nSPS) is 19.9. The van der Waals surface area contributed by atoms with Gasteiger partial charge in [0, 0.05) is 67.5 Å². The van der Waals surface area contributed by atoms with E-state index in [0.717, 1.165) is 87.0 Å². The van der Waals surface area contributed by atoms with E-state index in [0.29, 0.717) is 53.1 Å². The van der Waals surface area contributed by atoms with Crippen LogP contribution in [0, 0.1) is 30.5 Å². The van der Waals surface area contributed by atoms with E-state index in [1.807, 2.05) is 38.7 Å². The number of carbonyl (C=O) groups is 2. The first kappa shape index (κ1) is 42.5. The second-order valence-electron chi connectivity index (χ2n) is 18.3. The molecule has 3 fully saturated rings. The zero-order valence-electron chi connectivity index (χ0n) is 35.6. The molecule has 0 aliphatic carbocycles. The monoisotopic (exact) mass is 811 g/mol. The third-order valence-electron chi connectivity index (χ3n) is 12.2. The number of aromatic nitrogens is 3. The molecule has 0 bridgehead atoms. The number of ether oxygens (including phenoxy) is 2. The van der Waals surface area contributed by atoms with E-state index < -0.39 is 17.5 Å². The highest BCUT2D eigenvalue weighted by atomic mass is 19.1. The predicted octanol–water partition coefficient (Wildman–Crippen LogP) is 8.63. The summed E-state index contributed by atoms with van der Waals surface area (Å²) in [4.78, 5) is 44.2. The van der Waals surface area contributed by atoms with Gasteiger partial charge in [-0.3, -0.25) is 0 Å². The average molecular weight is 812 g/mol. The lowest BCUT2D eigenvalue weighted by Gasteiger charge is -2.35. The number of halogens is 1. The first-order chi connectivity index (χ1) is 28.2. The molecule has 0 unspecified atom stereocenters. The lowest BCUT2D eigenvalue weighted by molar-refractivity contribution is -0.00411. The molecule has 4 aromatic rings. The Morgan fingerprint density at radius 1 is 0.983 bits per heavy atom. The Morgan fingerprint density at radius 2 is 1.71 bits per heavy atom. The number of aliphatic hydroxyl groups is 1. The van der Waals surface area contributed by atoms with Crippen LogP contribution in [0.25, 0.3) is 33.5 Å². The number of likely N-dealkylation sites (tertiary alicyclic amines) is 3. The maximum Gasteiger partial charge on any atom is 0.410 e. The maximum absolute atomic E-state index is 15.2. The van der Waals surface area contributed by atoms with Gasteiger partial charge in [-0.05, 0) is 119 Å². The molecule has 2 aromatic heterocycles. The molecule has 318 valence electrons. The Balaban J connectivity index is 0.903. The number of aromatic amines is 1. The van der Waals surface area contributed by atoms with Crippen LogP contribution in [0.1, 0.15) is 84.3 Å². The number of hydrogen-bond donors (Lipinski definition) is 3. The summed E-state index contributed by atoms with van der Waals surface area (Å²) < 4.78 is 27.1. The number of anilines is 1. The lowest BCUT2D eigenvalue weighted by atomic mass is 9.93. The lowest BCUT2D eigenvalue weighted by Crippen LogP contribution is -2.42. The van der Waals surface area contributed by atoms with Crippen molar-refractivity contribution in [3.63, 3.8) is 0 Å². The number of hydrogen-bond acceptors (Lipinski definition) is 8. The van der Waals surface area contributed by atoms with E-state index in [1.54, 1.807) is 4.90 Å². The summed E-state index contributed by atoms with van der Waals surface area (Å²) >= 11 is 0. The third kappa shape index (κ3) is 10.8. The van der Waals surface area contributed by atoms with Gasteiger partial charge in [-0.1, -0.05) is 38.1 Å². The topological polar surface area (TPSA) is 136 Å². The number of H-pyrrole nitrogens is 1. The number of fused-ring (bicyclic) bond motifs is 1. The zero-order valence-corrected chi connectivity index (χ0v) is 35.6. The Kier molecular flexibility index (Phi) is 13.2. The SMILES string of the molecule is Cc1c(NC(=O)N2C[C@@H](CC(C)C)[C@H](O)C2)cc(F)cc1-c1ncnc2[nH]c(-c3ccc(COC4CCN(CCC5CCN(C(=O)OC(C)(C)C)CC5)CC4)cc3)cc12. The quantitative estimate of drug-likeness (QED) is 0.137. The number of aliphatic hydroxyl groups excluding tert-OH is 1. The van der Waals surface area contributed by atoms with Crippen LogP contribution in [0.4, 0.5) is 19.7 Å². The van der Waals surface area contributed by atoms with Crippen LogP contribution in [0.15, 0.2) is 48.8 Å². The molecule has 13 heteroatoms. The van der Waals surface area contributed by atoms with E-state index in [4.69, 9.17) is 9.47 Å². The van der Waals surface area contributed by atoms with E-state index in [2.05, 4.69) is 63.3 Å². The van der Waals surface area contributed by atoms with Crippen LogP contribution >= 0.6 is 0 Å². The molecular formula is C46H62FN7O5. The minimum Gasteiger partial charge on any atom is -0.444 e. The van der Waals surface area contributed by atoms with Crippen molar-refractivity contribution in [1.82, 2.24) is 29.7 Å². The number of amides is 3. The summed E-state index contributed by atoms with van der Waals surface area (Å²) in [7, 11) is 0. The van der Waals surface area contributed by atoms with E-state index in [9.17, 15) is 14.7 Å². The number of nitrogens with one attached hydrogen (secondary N) is 2.